The van der Waals surface area contributed by atoms with Crippen molar-refractivity contribution in [2.24, 2.45) is 0 Å². The Balaban J connectivity index is 4.24. The van der Waals surface area contributed by atoms with Gasteiger partial charge in [-0.05, 0) is 20.8 Å². The van der Waals surface area contributed by atoms with Crippen LogP contribution in [0.25, 0.3) is 0 Å². The highest BCUT2D eigenvalue weighted by Gasteiger charge is 2.28. The summed E-state index contributed by atoms with van der Waals surface area (Å²) in [6, 6.07) is 0. The first-order valence-corrected chi connectivity index (χ1v) is 5.30. The van der Waals surface area contributed by atoms with Crippen LogP contribution in [0.1, 0.15) is 40.0 Å². The maximum absolute atomic E-state index is 11.3. The van der Waals surface area contributed by atoms with Gasteiger partial charge in [0.1, 0.15) is 5.60 Å². The lowest BCUT2D eigenvalue weighted by molar-refractivity contribution is -0.165. The second kappa shape index (κ2) is 6.34. The lowest BCUT2D eigenvalue weighted by atomic mass is 10.0. The van der Waals surface area contributed by atoms with E-state index in [0.717, 1.165) is 0 Å². The number of rotatable bonds is 7. The number of ether oxygens (including phenoxy) is 1. The van der Waals surface area contributed by atoms with Gasteiger partial charge in [0.2, 0.25) is 5.78 Å². The maximum atomic E-state index is 11.3. The number of carbonyl (C=O) groups excluding carboxylic acids is 2. The van der Waals surface area contributed by atoms with Gasteiger partial charge < -0.3 is 14.9 Å². The predicted octanol–water partition coefficient (Wildman–Crippen LogP) is 0.513. The van der Waals surface area contributed by atoms with Gasteiger partial charge in [-0.15, -0.1) is 0 Å². The fraction of sp³-hybridized carbons (Fsp3) is 0.727. The van der Waals surface area contributed by atoms with Crippen LogP contribution in [0.2, 0.25) is 0 Å². The van der Waals surface area contributed by atoms with E-state index in [0.29, 0.717) is 0 Å². The van der Waals surface area contributed by atoms with Gasteiger partial charge >= 0.3 is 11.9 Å². The van der Waals surface area contributed by atoms with E-state index in [1.165, 1.54) is 0 Å². The molecule has 0 aromatic heterocycles. The van der Waals surface area contributed by atoms with Crippen molar-refractivity contribution in [3.05, 3.63) is 0 Å². The summed E-state index contributed by atoms with van der Waals surface area (Å²) in [5.74, 6) is -3.07. The van der Waals surface area contributed by atoms with E-state index in [9.17, 15) is 14.4 Å². The number of Topliss-reactive ketones (excluding diaryl/α,β-unsaturated/α-hetero) is 1. The van der Waals surface area contributed by atoms with E-state index in [1.54, 1.807) is 20.8 Å². The Morgan fingerprint density at radius 3 is 2.18 bits per heavy atom. The lowest BCUT2D eigenvalue weighted by Crippen LogP contribution is -2.34. The molecule has 0 saturated carbocycles. The molecule has 0 fully saturated rings. The average Bonchev–Trinajstić information content (AvgIpc) is 2.10. The molecule has 6 nitrogen and oxygen atoms in total. The van der Waals surface area contributed by atoms with E-state index >= 15 is 0 Å². The van der Waals surface area contributed by atoms with Crippen molar-refractivity contribution in [1.82, 2.24) is 0 Å². The number of aliphatic carboxylic acids is 1. The number of esters is 1. The smallest absolute Gasteiger partial charge is 0.375 e. The van der Waals surface area contributed by atoms with Crippen LogP contribution < -0.4 is 0 Å². The van der Waals surface area contributed by atoms with Crippen LogP contribution in [0.3, 0.4) is 0 Å². The highest BCUT2D eigenvalue weighted by Crippen LogP contribution is 2.17. The number of hydrogen-bond donors (Lipinski definition) is 2. The first kappa shape index (κ1) is 15.6. The number of aliphatic hydroxyl groups excluding tert-OH is 1. The Bertz CT molecular complexity index is 305. The Labute approximate surface area is 99.6 Å². The molecule has 0 spiro atoms. The largest absolute Gasteiger partial charge is 0.481 e. The molecule has 1 unspecified atom stereocenters. The molecular weight excluding hydrogens is 228 g/mol. The standard InChI is InChI=1S/C11H18O6/c1-7(12)6-11(2,3)17-10(16)8(13)4-5-9(14)15/h7,12H,4-6H2,1-3H3,(H,14,15). The highest BCUT2D eigenvalue weighted by atomic mass is 16.6. The van der Waals surface area contributed by atoms with Crippen molar-refractivity contribution in [2.75, 3.05) is 0 Å². The summed E-state index contributed by atoms with van der Waals surface area (Å²) in [5, 5.41) is 17.5. The molecular formula is C11H18O6. The molecule has 0 aliphatic heterocycles. The van der Waals surface area contributed by atoms with Gasteiger partial charge in [-0.1, -0.05) is 0 Å². The van der Waals surface area contributed by atoms with Crippen LogP contribution in [0.5, 0.6) is 0 Å². The second-order valence-corrected chi connectivity index (χ2v) is 4.52. The van der Waals surface area contributed by atoms with Gasteiger partial charge in [-0.25, -0.2) is 4.79 Å². The van der Waals surface area contributed by atoms with Crippen LogP contribution in [0.15, 0.2) is 0 Å². The topological polar surface area (TPSA) is 101 Å². The monoisotopic (exact) mass is 246 g/mol. The average molecular weight is 246 g/mol. The molecule has 0 heterocycles. The van der Waals surface area contributed by atoms with E-state index < -0.39 is 35.8 Å². The molecule has 0 rings (SSSR count). The Kier molecular flexibility index (Phi) is 5.81. The number of carboxylic acids is 1. The van der Waals surface area contributed by atoms with E-state index in [-0.39, 0.29) is 12.8 Å². The molecule has 0 aliphatic carbocycles. The minimum atomic E-state index is -1.14. The van der Waals surface area contributed by atoms with Gasteiger partial charge in [0.25, 0.3) is 0 Å². The Hall–Kier alpha value is -1.43. The summed E-state index contributed by atoms with van der Waals surface area (Å²) in [6.45, 7) is 4.69. The van der Waals surface area contributed by atoms with Gasteiger partial charge in [-0.3, -0.25) is 9.59 Å². The number of ketones is 1. The molecule has 0 aliphatic rings. The molecule has 0 amide bonds. The molecule has 0 radical (unpaired) electrons. The first-order valence-electron chi connectivity index (χ1n) is 5.30. The van der Waals surface area contributed by atoms with Crippen molar-refractivity contribution in [2.45, 2.75) is 51.7 Å². The number of carbonyl (C=O) groups is 3. The normalized spacial score (nSPS) is 12.9. The minimum absolute atomic E-state index is 0.199. The molecule has 0 saturated heterocycles. The minimum Gasteiger partial charge on any atom is -0.481 e. The number of aliphatic hydroxyl groups is 1. The molecule has 98 valence electrons. The number of carboxylic acid groups (broad SMARTS) is 1. The zero-order valence-corrected chi connectivity index (χ0v) is 10.2. The second-order valence-electron chi connectivity index (χ2n) is 4.52. The highest BCUT2D eigenvalue weighted by molar-refractivity contribution is 6.33. The molecule has 0 bridgehead atoms. The van der Waals surface area contributed by atoms with Crippen LogP contribution in [-0.4, -0.2) is 39.6 Å². The van der Waals surface area contributed by atoms with Crippen LogP contribution in [0, 0.1) is 0 Å². The van der Waals surface area contributed by atoms with E-state index in [2.05, 4.69) is 0 Å². The van der Waals surface area contributed by atoms with E-state index in [1.807, 2.05) is 0 Å². The first-order chi connectivity index (χ1) is 7.64. The van der Waals surface area contributed by atoms with E-state index in [4.69, 9.17) is 14.9 Å². The van der Waals surface area contributed by atoms with Crippen molar-refractivity contribution in [3.8, 4) is 0 Å². The maximum Gasteiger partial charge on any atom is 0.375 e. The van der Waals surface area contributed by atoms with Crippen LogP contribution in [-0.2, 0) is 19.1 Å². The number of hydrogen-bond acceptors (Lipinski definition) is 5. The molecule has 2 N–H and O–H groups in total. The zero-order valence-electron chi connectivity index (χ0n) is 10.2. The SMILES string of the molecule is CC(O)CC(C)(C)OC(=O)C(=O)CCC(=O)O. The third-order valence-corrected chi connectivity index (χ3v) is 1.95. The van der Waals surface area contributed by atoms with Crippen LogP contribution >= 0.6 is 0 Å². The fourth-order valence-electron chi connectivity index (χ4n) is 1.38. The van der Waals surface area contributed by atoms with Crippen molar-refractivity contribution >= 4 is 17.7 Å². The lowest BCUT2D eigenvalue weighted by Gasteiger charge is -2.25. The summed E-state index contributed by atoms with van der Waals surface area (Å²) < 4.78 is 4.90. The van der Waals surface area contributed by atoms with Crippen LogP contribution in [0.4, 0.5) is 0 Å². The summed E-state index contributed by atoms with van der Waals surface area (Å²) in [5.41, 5.74) is -0.954. The summed E-state index contributed by atoms with van der Waals surface area (Å²) >= 11 is 0. The summed E-state index contributed by atoms with van der Waals surface area (Å²) in [6.07, 6.45) is -1.24. The summed E-state index contributed by atoms with van der Waals surface area (Å²) in [7, 11) is 0. The molecule has 0 aromatic carbocycles. The zero-order chi connectivity index (χ0) is 13.6. The van der Waals surface area contributed by atoms with Crippen molar-refractivity contribution in [3.63, 3.8) is 0 Å². The van der Waals surface area contributed by atoms with Gasteiger partial charge in [0.15, 0.2) is 0 Å². The van der Waals surface area contributed by atoms with Gasteiger partial charge in [-0.2, -0.15) is 0 Å². The Morgan fingerprint density at radius 1 is 1.24 bits per heavy atom. The summed E-state index contributed by atoms with van der Waals surface area (Å²) in [4.78, 5) is 32.7. The molecule has 0 aromatic rings. The Morgan fingerprint density at radius 2 is 1.76 bits per heavy atom. The predicted molar refractivity (Wildman–Crippen MR) is 58.3 cm³/mol. The molecule has 1 atom stereocenters. The van der Waals surface area contributed by atoms with Crippen molar-refractivity contribution in [1.29, 1.82) is 0 Å². The fourth-order valence-corrected chi connectivity index (χ4v) is 1.38. The molecule has 17 heavy (non-hydrogen) atoms. The third-order valence-electron chi connectivity index (χ3n) is 1.95. The van der Waals surface area contributed by atoms with Crippen molar-refractivity contribution < 1.29 is 29.3 Å². The quantitative estimate of drug-likeness (QED) is 0.501. The third kappa shape index (κ3) is 7.46. The van der Waals surface area contributed by atoms with Gasteiger partial charge in [0.05, 0.1) is 12.5 Å². The molecule has 6 heteroatoms. The van der Waals surface area contributed by atoms with Gasteiger partial charge in [0, 0.05) is 12.8 Å².